The molecule has 258 valence electrons. The molecule has 0 amide bonds. The van der Waals surface area contributed by atoms with Crippen LogP contribution in [-0.2, 0) is 5.41 Å². The Morgan fingerprint density at radius 2 is 1.26 bits per heavy atom. The molecule has 0 saturated carbocycles. The second kappa shape index (κ2) is 11.8. The Morgan fingerprint density at radius 3 is 2.17 bits per heavy atom. The van der Waals surface area contributed by atoms with E-state index in [9.17, 15) is 0 Å². The molecule has 6 aromatic carbocycles. The second-order valence-corrected chi connectivity index (χ2v) is 15.5. The summed E-state index contributed by atoms with van der Waals surface area (Å²) in [6.07, 6.45) is 11.7. The molecule has 11 rings (SSSR count). The maximum Gasteiger partial charge on any atom is 0.160 e. The Balaban J connectivity index is 1.10. The smallest absolute Gasteiger partial charge is 0.160 e. The molecule has 4 aliphatic rings. The van der Waals surface area contributed by atoms with Gasteiger partial charge in [-0.25, -0.2) is 9.97 Å². The molecular weight excluding hydrogens is 657 g/mol. The molecule has 7 aromatic rings. The maximum atomic E-state index is 6.90. The lowest BCUT2D eigenvalue weighted by Crippen LogP contribution is -2.35. The summed E-state index contributed by atoms with van der Waals surface area (Å²) in [7, 11) is 0. The van der Waals surface area contributed by atoms with Gasteiger partial charge in [-0.1, -0.05) is 147 Å². The minimum atomic E-state index is -0.407. The number of allylic oxidation sites excluding steroid dienone is 8. The molecule has 2 unspecified atom stereocenters. The molecule has 0 fully saturated rings. The van der Waals surface area contributed by atoms with E-state index in [-0.39, 0.29) is 0 Å². The van der Waals surface area contributed by atoms with Crippen LogP contribution in [0.15, 0.2) is 180 Å². The zero-order valence-corrected chi connectivity index (χ0v) is 30.4. The summed E-state index contributed by atoms with van der Waals surface area (Å²) in [5.41, 5.74) is 12.7. The molecule has 3 nitrogen and oxygen atoms in total. The summed E-state index contributed by atoms with van der Waals surface area (Å²) in [6.45, 7) is 4.67. The molecule has 3 aliphatic carbocycles. The third kappa shape index (κ3) is 4.61. The van der Waals surface area contributed by atoms with Crippen molar-refractivity contribution in [3.8, 4) is 45.4 Å². The van der Waals surface area contributed by atoms with Crippen molar-refractivity contribution < 1.29 is 4.74 Å². The van der Waals surface area contributed by atoms with Crippen molar-refractivity contribution in [1.29, 1.82) is 0 Å². The molecule has 2 heterocycles. The van der Waals surface area contributed by atoms with Crippen LogP contribution in [0.2, 0.25) is 0 Å². The third-order valence-corrected chi connectivity index (χ3v) is 12.1. The molecular formula is C51H38N2O. The summed E-state index contributed by atoms with van der Waals surface area (Å²) in [4.78, 5) is 10.5. The quantitative estimate of drug-likeness (QED) is 0.173. The van der Waals surface area contributed by atoms with Crippen LogP contribution < -0.4 is 4.74 Å². The van der Waals surface area contributed by atoms with Crippen molar-refractivity contribution in [2.24, 2.45) is 11.8 Å². The number of ether oxygens (including phenoxy) is 1. The average molecular weight is 695 g/mol. The monoisotopic (exact) mass is 694 g/mol. The van der Waals surface area contributed by atoms with Gasteiger partial charge >= 0.3 is 0 Å². The van der Waals surface area contributed by atoms with Gasteiger partial charge in [0, 0.05) is 27.8 Å². The van der Waals surface area contributed by atoms with E-state index in [4.69, 9.17) is 14.7 Å². The van der Waals surface area contributed by atoms with Gasteiger partial charge in [-0.05, 0) is 92.8 Å². The number of fused-ring (bicyclic) bond motifs is 10. The SMILES string of the molecule is CC1C=CC2=C(C1)C1(C3=C2C[C@H](C)C=C3)c2ccccc2Oc2cc(-c3nc(-c4ccccc4)cc(-c4ccc5c(ccc6ccccc65)c4)n3)ccc21. The molecule has 1 aromatic heterocycles. The zero-order chi connectivity index (χ0) is 36.0. The first-order chi connectivity index (χ1) is 26.5. The molecule has 0 bridgehead atoms. The van der Waals surface area contributed by atoms with Crippen LogP contribution in [0.3, 0.4) is 0 Å². The number of nitrogens with zero attached hydrogens (tertiary/aromatic N) is 2. The number of hydrogen-bond donors (Lipinski definition) is 0. The normalized spacial score (nSPS) is 20.9. The molecule has 1 aliphatic heterocycles. The number of aromatic nitrogens is 2. The highest BCUT2D eigenvalue weighted by molar-refractivity contribution is 6.08. The number of rotatable bonds is 3. The summed E-state index contributed by atoms with van der Waals surface area (Å²) >= 11 is 0. The topological polar surface area (TPSA) is 35.0 Å². The van der Waals surface area contributed by atoms with Crippen molar-refractivity contribution >= 4 is 21.5 Å². The first kappa shape index (κ1) is 31.2. The van der Waals surface area contributed by atoms with E-state index in [0.29, 0.717) is 17.7 Å². The minimum Gasteiger partial charge on any atom is -0.457 e. The van der Waals surface area contributed by atoms with Crippen LogP contribution in [0, 0.1) is 11.8 Å². The van der Waals surface area contributed by atoms with Crippen molar-refractivity contribution in [1.82, 2.24) is 9.97 Å². The van der Waals surface area contributed by atoms with Crippen LogP contribution >= 0.6 is 0 Å². The van der Waals surface area contributed by atoms with E-state index in [2.05, 4.69) is 166 Å². The fourth-order valence-electron chi connectivity index (χ4n) is 9.58. The molecule has 3 atom stereocenters. The van der Waals surface area contributed by atoms with Crippen LogP contribution in [-0.4, -0.2) is 9.97 Å². The van der Waals surface area contributed by atoms with E-state index in [1.54, 1.807) is 0 Å². The van der Waals surface area contributed by atoms with Gasteiger partial charge < -0.3 is 4.74 Å². The van der Waals surface area contributed by atoms with Gasteiger partial charge in [0.25, 0.3) is 0 Å². The first-order valence-electron chi connectivity index (χ1n) is 19.2. The maximum absolute atomic E-state index is 6.90. The van der Waals surface area contributed by atoms with Crippen molar-refractivity contribution in [3.05, 3.63) is 191 Å². The average Bonchev–Trinajstić information content (AvgIpc) is 3.49. The molecule has 0 radical (unpaired) electrons. The standard InChI is InChI=1S/C51H38N2O/c1-31-17-24-42-41(26-31)40-22-16-32(2)27-45(40)51(42)43-14-8-9-15-48(43)54-49-29-37(21-25-44(49)51)50-52-46(34-11-4-3-5-12-34)30-47(53-50)36-20-23-39-35(28-36)19-18-33-10-6-7-13-38(33)39/h3-25,28-32H,26-27H2,1-2H3/t31-,32?,51?/m1/s1. The second-order valence-electron chi connectivity index (χ2n) is 15.5. The fourth-order valence-corrected chi connectivity index (χ4v) is 9.58. The predicted octanol–water partition coefficient (Wildman–Crippen LogP) is 13.0. The van der Waals surface area contributed by atoms with Gasteiger partial charge in [-0.2, -0.15) is 0 Å². The van der Waals surface area contributed by atoms with E-state index >= 15 is 0 Å². The van der Waals surface area contributed by atoms with Crippen molar-refractivity contribution in [2.75, 3.05) is 0 Å². The Hall–Kier alpha value is -6.32. The van der Waals surface area contributed by atoms with Crippen LogP contribution in [0.25, 0.3) is 55.4 Å². The Kier molecular flexibility index (Phi) is 6.85. The van der Waals surface area contributed by atoms with E-state index in [1.807, 2.05) is 6.07 Å². The lowest BCUT2D eigenvalue weighted by Gasteiger charge is -2.43. The minimum absolute atomic E-state index is 0.407. The highest BCUT2D eigenvalue weighted by Crippen LogP contribution is 2.64. The number of hydrogen-bond acceptors (Lipinski definition) is 3. The highest BCUT2D eigenvalue weighted by atomic mass is 16.5. The van der Waals surface area contributed by atoms with Crippen molar-refractivity contribution in [2.45, 2.75) is 32.1 Å². The van der Waals surface area contributed by atoms with Gasteiger partial charge in [-0.15, -0.1) is 0 Å². The van der Waals surface area contributed by atoms with E-state index < -0.39 is 5.41 Å². The molecule has 3 heteroatoms. The summed E-state index contributed by atoms with van der Waals surface area (Å²) < 4.78 is 6.90. The van der Waals surface area contributed by atoms with Gasteiger partial charge in [0.1, 0.15) is 11.5 Å². The molecule has 0 saturated heterocycles. The first-order valence-corrected chi connectivity index (χ1v) is 19.2. The van der Waals surface area contributed by atoms with Crippen LogP contribution in [0.5, 0.6) is 11.5 Å². The number of para-hydroxylation sites is 1. The summed E-state index contributed by atoms with van der Waals surface area (Å²) in [6, 6.07) is 47.6. The van der Waals surface area contributed by atoms with Gasteiger partial charge in [0.15, 0.2) is 5.82 Å². The fraction of sp³-hybridized carbons (Fsp3) is 0.137. The molecule has 0 N–H and O–H groups in total. The lowest BCUT2D eigenvalue weighted by molar-refractivity contribution is 0.428. The number of benzene rings is 6. The van der Waals surface area contributed by atoms with Gasteiger partial charge in [0.05, 0.1) is 16.8 Å². The van der Waals surface area contributed by atoms with Crippen LogP contribution in [0.1, 0.15) is 37.8 Å². The van der Waals surface area contributed by atoms with E-state index in [1.165, 1.54) is 55.0 Å². The Labute approximate surface area is 315 Å². The van der Waals surface area contributed by atoms with Crippen molar-refractivity contribution in [3.63, 3.8) is 0 Å². The molecule has 54 heavy (non-hydrogen) atoms. The van der Waals surface area contributed by atoms with E-state index in [0.717, 1.165) is 52.4 Å². The van der Waals surface area contributed by atoms with Gasteiger partial charge in [-0.3, -0.25) is 0 Å². The highest BCUT2D eigenvalue weighted by Gasteiger charge is 2.53. The Morgan fingerprint density at radius 1 is 0.556 bits per heavy atom. The van der Waals surface area contributed by atoms with Crippen LogP contribution in [0.4, 0.5) is 0 Å². The Bertz CT molecular complexity index is 2840. The van der Waals surface area contributed by atoms with Gasteiger partial charge in [0.2, 0.25) is 0 Å². The predicted molar refractivity (Wildman–Crippen MR) is 221 cm³/mol. The zero-order valence-electron chi connectivity index (χ0n) is 30.4. The summed E-state index contributed by atoms with van der Waals surface area (Å²) in [5.74, 6) is 3.43. The molecule has 1 spiro atoms. The lowest BCUT2D eigenvalue weighted by atomic mass is 9.62. The largest absolute Gasteiger partial charge is 0.457 e. The summed E-state index contributed by atoms with van der Waals surface area (Å²) in [5, 5.41) is 4.93. The third-order valence-electron chi connectivity index (χ3n) is 12.1.